The van der Waals surface area contributed by atoms with Crippen molar-refractivity contribution in [2.45, 2.75) is 25.8 Å². The maximum Gasteiger partial charge on any atom is 0.139 e. The Bertz CT molecular complexity index is 159. The van der Waals surface area contributed by atoms with Crippen LogP contribution >= 0.6 is 0 Å². The molecule has 0 aromatic heterocycles. The summed E-state index contributed by atoms with van der Waals surface area (Å²) < 4.78 is 5.24. The Labute approximate surface area is 73.5 Å². The van der Waals surface area contributed by atoms with E-state index in [1.807, 2.05) is 14.0 Å². The molecule has 2 atom stereocenters. The van der Waals surface area contributed by atoms with E-state index < -0.39 is 0 Å². The number of likely N-dealkylation sites (N-methyl/N-ethyl adjacent to an activating group) is 1. The number of ether oxygens (including phenoxy) is 1. The van der Waals surface area contributed by atoms with E-state index in [1.54, 1.807) is 0 Å². The lowest BCUT2D eigenvalue weighted by Gasteiger charge is -2.14. The average Bonchev–Trinajstić information content (AvgIpc) is 2.51. The summed E-state index contributed by atoms with van der Waals surface area (Å²) in [7, 11) is 1.88. The van der Waals surface area contributed by atoms with E-state index in [4.69, 9.17) is 4.74 Å². The van der Waals surface area contributed by atoms with E-state index in [2.05, 4.69) is 5.32 Å². The molecule has 3 nitrogen and oxygen atoms in total. The normalized spacial score (nSPS) is 29.2. The van der Waals surface area contributed by atoms with Gasteiger partial charge in [-0.3, -0.25) is 4.79 Å². The smallest absolute Gasteiger partial charge is 0.139 e. The number of nitrogens with one attached hydrogen (secondary N) is 1. The fourth-order valence-electron chi connectivity index (χ4n) is 1.59. The lowest BCUT2D eigenvalue weighted by Crippen LogP contribution is -2.36. The zero-order chi connectivity index (χ0) is 8.97. The minimum absolute atomic E-state index is 0.0925. The largest absolute Gasteiger partial charge is 0.379 e. The topological polar surface area (TPSA) is 38.3 Å². The molecule has 1 aliphatic rings. The van der Waals surface area contributed by atoms with Crippen LogP contribution in [0, 0.1) is 5.92 Å². The molecular weight excluding hydrogens is 154 g/mol. The zero-order valence-electron chi connectivity index (χ0n) is 7.80. The third-order valence-electron chi connectivity index (χ3n) is 2.36. The van der Waals surface area contributed by atoms with Crippen molar-refractivity contribution < 1.29 is 9.53 Å². The fraction of sp³-hybridized carbons (Fsp3) is 0.889. The van der Waals surface area contributed by atoms with Crippen LogP contribution < -0.4 is 5.32 Å². The van der Waals surface area contributed by atoms with E-state index in [-0.39, 0.29) is 12.0 Å². The Kier molecular flexibility index (Phi) is 3.69. The van der Waals surface area contributed by atoms with Crippen molar-refractivity contribution in [3.63, 3.8) is 0 Å². The Balaban J connectivity index is 2.43. The molecule has 1 fully saturated rings. The summed E-state index contributed by atoms with van der Waals surface area (Å²) in [4.78, 5) is 11.5. The third-order valence-corrected chi connectivity index (χ3v) is 2.36. The van der Waals surface area contributed by atoms with Crippen molar-refractivity contribution in [1.29, 1.82) is 0 Å². The molecule has 0 spiro atoms. The van der Waals surface area contributed by atoms with Crippen molar-refractivity contribution in [2.24, 2.45) is 5.92 Å². The minimum atomic E-state index is 0.0925. The van der Waals surface area contributed by atoms with Gasteiger partial charge < -0.3 is 10.1 Å². The van der Waals surface area contributed by atoms with E-state index >= 15 is 0 Å². The highest BCUT2D eigenvalue weighted by Crippen LogP contribution is 2.16. The summed E-state index contributed by atoms with van der Waals surface area (Å²) in [5.74, 6) is 0.435. The van der Waals surface area contributed by atoms with Crippen LogP contribution in [0.2, 0.25) is 0 Å². The minimum Gasteiger partial charge on any atom is -0.379 e. The second-order valence-corrected chi connectivity index (χ2v) is 3.26. The third kappa shape index (κ3) is 2.05. The van der Waals surface area contributed by atoms with Crippen LogP contribution in [0.3, 0.4) is 0 Å². The van der Waals surface area contributed by atoms with Gasteiger partial charge in [-0.25, -0.2) is 0 Å². The second kappa shape index (κ2) is 4.58. The van der Waals surface area contributed by atoms with Gasteiger partial charge in [0.1, 0.15) is 5.78 Å². The average molecular weight is 171 g/mol. The van der Waals surface area contributed by atoms with Gasteiger partial charge in [-0.05, 0) is 13.5 Å². The van der Waals surface area contributed by atoms with Gasteiger partial charge in [-0.1, -0.05) is 6.92 Å². The highest BCUT2D eigenvalue weighted by molar-refractivity contribution is 5.82. The van der Waals surface area contributed by atoms with Crippen LogP contribution in [-0.4, -0.2) is 32.1 Å². The quantitative estimate of drug-likeness (QED) is 0.672. The number of hydrogen-bond acceptors (Lipinski definition) is 3. The standard InChI is InChI=1S/C9H17NO2/c1-3-4-9(11)7-5-12-6-8(7)10-2/h7-8,10H,3-6H2,1-2H3. The lowest BCUT2D eigenvalue weighted by atomic mass is 9.96. The first kappa shape index (κ1) is 9.68. The van der Waals surface area contributed by atoms with Crippen LogP contribution in [0.1, 0.15) is 19.8 Å². The number of carbonyl (C=O) groups is 1. The summed E-state index contributed by atoms with van der Waals surface area (Å²) >= 11 is 0. The van der Waals surface area contributed by atoms with Crippen LogP contribution in [0.5, 0.6) is 0 Å². The number of hydrogen-bond donors (Lipinski definition) is 1. The highest BCUT2D eigenvalue weighted by atomic mass is 16.5. The van der Waals surface area contributed by atoms with E-state index in [1.165, 1.54) is 0 Å². The number of Topliss-reactive ketones (excluding diaryl/α,β-unsaturated/α-hetero) is 1. The van der Waals surface area contributed by atoms with Gasteiger partial charge in [-0.15, -0.1) is 0 Å². The molecule has 0 aliphatic carbocycles. The monoisotopic (exact) mass is 171 g/mol. The molecule has 1 rings (SSSR count). The molecule has 1 N–H and O–H groups in total. The first-order valence-corrected chi connectivity index (χ1v) is 4.57. The Morgan fingerprint density at radius 3 is 2.92 bits per heavy atom. The van der Waals surface area contributed by atoms with E-state index in [0.717, 1.165) is 6.42 Å². The molecule has 1 aliphatic heterocycles. The Morgan fingerprint density at radius 1 is 1.58 bits per heavy atom. The molecule has 1 heterocycles. The van der Waals surface area contributed by atoms with Crippen LogP contribution in [-0.2, 0) is 9.53 Å². The predicted molar refractivity (Wildman–Crippen MR) is 47.1 cm³/mol. The summed E-state index contributed by atoms with van der Waals surface area (Å²) in [5, 5.41) is 3.11. The highest BCUT2D eigenvalue weighted by Gasteiger charge is 2.31. The van der Waals surface area contributed by atoms with E-state index in [0.29, 0.717) is 25.4 Å². The van der Waals surface area contributed by atoms with Crippen LogP contribution in [0.4, 0.5) is 0 Å². The molecule has 1 saturated heterocycles. The molecule has 3 heteroatoms. The first-order chi connectivity index (χ1) is 5.79. The van der Waals surface area contributed by atoms with Gasteiger partial charge in [0, 0.05) is 12.5 Å². The van der Waals surface area contributed by atoms with Crippen molar-refractivity contribution in [3.8, 4) is 0 Å². The van der Waals surface area contributed by atoms with Crippen LogP contribution in [0.25, 0.3) is 0 Å². The molecule has 0 amide bonds. The van der Waals surface area contributed by atoms with Gasteiger partial charge in [-0.2, -0.15) is 0 Å². The number of ketones is 1. The molecule has 0 saturated carbocycles. The molecule has 2 unspecified atom stereocenters. The van der Waals surface area contributed by atoms with Crippen molar-refractivity contribution in [2.75, 3.05) is 20.3 Å². The Hall–Kier alpha value is -0.410. The van der Waals surface area contributed by atoms with Gasteiger partial charge >= 0.3 is 0 Å². The Morgan fingerprint density at radius 2 is 2.33 bits per heavy atom. The van der Waals surface area contributed by atoms with Gasteiger partial charge in [0.25, 0.3) is 0 Å². The summed E-state index contributed by atoms with van der Waals surface area (Å²) in [6.07, 6.45) is 1.62. The second-order valence-electron chi connectivity index (χ2n) is 3.26. The van der Waals surface area contributed by atoms with Gasteiger partial charge in [0.05, 0.1) is 19.1 Å². The maximum absolute atomic E-state index is 11.5. The summed E-state index contributed by atoms with van der Waals surface area (Å²) in [5.41, 5.74) is 0. The molecule has 12 heavy (non-hydrogen) atoms. The predicted octanol–water partition coefficient (Wildman–Crippen LogP) is 0.590. The van der Waals surface area contributed by atoms with Gasteiger partial charge in [0.2, 0.25) is 0 Å². The maximum atomic E-state index is 11.5. The molecule has 0 aromatic rings. The van der Waals surface area contributed by atoms with Gasteiger partial charge in [0.15, 0.2) is 0 Å². The van der Waals surface area contributed by atoms with Crippen molar-refractivity contribution >= 4 is 5.78 Å². The SMILES string of the molecule is CCCC(=O)C1COCC1NC. The first-order valence-electron chi connectivity index (χ1n) is 4.57. The van der Waals surface area contributed by atoms with Crippen LogP contribution in [0.15, 0.2) is 0 Å². The fourth-order valence-corrected chi connectivity index (χ4v) is 1.59. The summed E-state index contributed by atoms with van der Waals surface area (Å²) in [6.45, 7) is 3.31. The van der Waals surface area contributed by atoms with Crippen molar-refractivity contribution in [3.05, 3.63) is 0 Å². The number of rotatable bonds is 4. The number of carbonyl (C=O) groups excluding carboxylic acids is 1. The summed E-state index contributed by atoms with van der Waals surface area (Å²) in [6, 6.07) is 0.240. The molecular formula is C9H17NO2. The zero-order valence-corrected chi connectivity index (χ0v) is 7.80. The molecule has 0 bridgehead atoms. The van der Waals surface area contributed by atoms with E-state index in [9.17, 15) is 4.79 Å². The molecule has 70 valence electrons. The molecule has 0 aromatic carbocycles. The lowest BCUT2D eigenvalue weighted by molar-refractivity contribution is -0.123. The van der Waals surface area contributed by atoms with Crippen molar-refractivity contribution in [1.82, 2.24) is 5.32 Å². The molecule has 0 radical (unpaired) electrons.